The van der Waals surface area contributed by atoms with E-state index in [9.17, 15) is 9.90 Å². The molecule has 0 aromatic heterocycles. The van der Waals surface area contributed by atoms with Crippen molar-refractivity contribution in [1.82, 2.24) is 5.32 Å². The van der Waals surface area contributed by atoms with Gasteiger partial charge >= 0.3 is 0 Å². The maximum Gasteiger partial charge on any atom is 0.217 e. The molecule has 0 bridgehead atoms. The summed E-state index contributed by atoms with van der Waals surface area (Å²) in [5, 5.41) is 21.2. The highest BCUT2D eigenvalue weighted by Gasteiger charge is 2.35. The van der Waals surface area contributed by atoms with Crippen LogP contribution in [0.5, 0.6) is 0 Å². The molecule has 5 heteroatoms. The fraction of sp³-hybridized carbons (Fsp3) is 0.889. The second kappa shape index (κ2) is 4.72. The number of aliphatic hydroxyl groups excluding tert-OH is 2. The Kier molecular flexibility index (Phi) is 3.86. The number of carbonyl (C=O) groups excluding carboxylic acids is 1. The number of rotatable bonds is 2. The molecule has 1 amide bonds. The molecule has 1 saturated heterocycles. The summed E-state index contributed by atoms with van der Waals surface area (Å²) < 4.78 is 5.39. The second-order valence-electron chi connectivity index (χ2n) is 3.68. The quantitative estimate of drug-likeness (QED) is 0.539. The Bertz CT molecular complexity index is 197. The summed E-state index contributed by atoms with van der Waals surface area (Å²) in [6.45, 7) is 3.07. The van der Waals surface area contributed by atoms with E-state index in [1.165, 1.54) is 6.92 Å². The molecule has 0 aromatic carbocycles. The lowest BCUT2D eigenvalue weighted by Crippen LogP contribution is -2.56. The highest BCUT2D eigenvalue weighted by molar-refractivity contribution is 5.73. The average Bonchev–Trinajstić information content (AvgIpc) is 2.10. The van der Waals surface area contributed by atoms with Gasteiger partial charge in [0.25, 0.3) is 0 Å². The average molecular weight is 203 g/mol. The number of ether oxygens (including phenoxy) is 1. The zero-order valence-electron chi connectivity index (χ0n) is 8.43. The minimum atomic E-state index is -0.653. The third-order valence-electron chi connectivity index (χ3n) is 2.41. The Morgan fingerprint density at radius 2 is 2.29 bits per heavy atom. The van der Waals surface area contributed by atoms with Crippen LogP contribution in [-0.2, 0) is 9.53 Å². The monoisotopic (exact) mass is 203 g/mol. The lowest BCUT2D eigenvalue weighted by atomic mass is 9.96. The summed E-state index contributed by atoms with van der Waals surface area (Å²) in [7, 11) is 0. The van der Waals surface area contributed by atoms with Crippen molar-refractivity contribution in [3.63, 3.8) is 0 Å². The van der Waals surface area contributed by atoms with Crippen LogP contribution in [-0.4, -0.2) is 47.1 Å². The summed E-state index contributed by atoms with van der Waals surface area (Å²) in [5.74, 6) is -0.188. The van der Waals surface area contributed by atoms with Crippen molar-refractivity contribution in [1.29, 1.82) is 0 Å². The molecular formula is C9H17NO4. The summed E-state index contributed by atoms with van der Waals surface area (Å²) >= 11 is 0. The van der Waals surface area contributed by atoms with Gasteiger partial charge in [-0.1, -0.05) is 0 Å². The number of amides is 1. The fourth-order valence-electron chi connectivity index (χ4n) is 1.74. The van der Waals surface area contributed by atoms with E-state index < -0.39 is 6.10 Å². The lowest BCUT2D eigenvalue weighted by Gasteiger charge is -2.37. The molecule has 4 unspecified atom stereocenters. The number of hydrogen-bond acceptors (Lipinski definition) is 4. The second-order valence-corrected chi connectivity index (χ2v) is 3.68. The van der Waals surface area contributed by atoms with E-state index >= 15 is 0 Å². The minimum absolute atomic E-state index is 0.103. The molecule has 1 aliphatic heterocycles. The third-order valence-corrected chi connectivity index (χ3v) is 2.41. The van der Waals surface area contributed by atoms with Crippen LogP contribution >= 0.6 is 0 Å². The molecule has 0 aromatic rings. The Balaban J connectivity index is 2.55. The van der Waals surface area contributed by atoms with Crippen LogP contribution in [0.4, 0.5) is 0 Å². The van der Waals surface area contributed by atoms with E-state index in [2.05, 4.69) is 5.32 Å². The molecular weight excluding hydrogens is 186 g/mol. The highest BCUT2D eigenvalue weighted by atomic mass is 16.5. The van der Waals surface area contributed by atoms with Gasteiger partial charge in [-0.05, 0) is 6.92 Å². The number of hydrogen-bond donors (Lipinski definition) is 3. The highest BCUT2D eigenvalue weighted by Crippen LogP contribution is 2.19. The van der Waals surface area contributed by atoms with Gasteiger partial charge < -0.3 is 20.3 Å². The van der Waals surface area contributed by atoms with Gasteiger partial charge in [0, 0.05) is 13.3 Å². The van der Waals surface area contributed by atoms with Gasteiger partial charge in [0.15, 0.2) is 0 Å². The first-order valence-electron chi connectivity index (χ1n) is 4.76. The zero-order valence-corrected chi connectivity index (χ0v) is 8.43. The van der Waals surface area contributed by atoms with Crippen LogP contribution in [0.2, 0.25) is 0 Å². The van der Waals surface area contributed by atoms with Crippen molar-refractivity contribution in [2.75, 3.05) is 6.61 Å². The molecule has 14 heavy (non-hydrogen) atoms. The van der Waals surface area contributed by atoms with Crippen LogP contribution in [0.15, 0.2) is 0 Å². The SMILES string of the molecule is CC(=O)NC1C(O)CC(CO)OC1C. The molecule has 82 valence electrons. The third kappa shape index (κ3) is 2.67. The molecule has 3 N–H and O–H groups in total. The molecule has 0 radical (unpaired) electrons. The Morgan fingerprint density at radius 1 is 1.64 bits per heavy atom. The van der Waals surface area contributed by atoms with Crippen molar-refractivity contribution in [3.8, 4) is 0 Å². The Labute approximate surface area is 83.1 Å². The van der Waals surface area contributed by atoms with Crippen molar-refractivity contribution < 1.29 is 19.7 Å². The molecule has 0 aliphatic carbocycles. The standard InChI is InChI=1S/C9H17NO4/c1-5-9(10-6(2)12)8(13)3-7(4-11)14-5/h5,7-9,11,13H,3-4H2,1-2H3,(H,10,12). The maximum absolute atomic E-state index is 10.8. The molecule has 0 spiro atoms. The first-order valence-corrected chi connectivity index (χ1v) is 4.76. The summed E-state index contributed by atoms with van der Waals surface area (Å²) in [6.07, 6.45) is -0.907. The van der Waals surface area contributed by atoms with Gasteiger partial charge in [0.05, 0.1) is 31.0 Å². The summed E-state index contributed by atoms with van der Waals surface area (Å²) in [5.41, 5.74) is 0. The van der Waals surface area contributed by atoms with Crippen molar-refractivity contribution in [3.05, 3.63) is 0 Å². The van der Waals surface area contributed by atoms with Crippen LogP contribution < -0.4 is 5.32 Å². The van der Waals surface area contributed by atoms with Gasteiger partial charge in [-0.3, -0.25) is 4.79 Å². The van der Waals surface area contributed by atoms with Gasteiger partial charge in [-0.15, -0.1) is 0 Å². The van der Waals surface area contributed by atoms with Gasteiger partial charge in [-0.25, -0.2) is 0 Å². The number of carbonyl (C=O) groups is 1. The van der Waals surface area contributed by atoms with E-state index in [4.69, 9.17) is 9.84 Å². The van der Waals surface area contributed by atoms with E-state index in [0.717, 1.165) is 0 Å². The molecule has 1 heterocycles. The molecule has 0 saturated carbocycles. The normalized spacial score (nSPS) is 38.0. The molecule has 1 aliphatic rings. The first kappa shape index (κ1) is 11.4. The largest absolute Gasteiger partial charge is 0.394 e. The molecule has 5 nitrogen and oxygen atoms in total. The molecule has 4 atom stereocenters. The number of aliphatic hydroxyl groups is 2. The summed E-state index contributed by atoms with van der Waals surface area (Å²) in [6, 6.07) is -0.379. The summed E-state index contributed by atoms with van der Waals surface area (Å²) in [4.78, 5) is 10.8. The Hall–Kier alpha value is -0.650. The lowest BCUT2D eigenvalue weighted by molar-refractivity contribution is -0.138. The predicted octanol–water partition coefficient (Wildman–Crippen LogP) is -0.978. The van der Waals surface area contributed by atoms with Crippen molar-refractivity contribution in [2.45, 2.75) is 44.6 Å². The van der Waals surface area contributed by atoms with Crippen LogP contribution in [0.25, 0.3) is 0 Å². The van der Waals surface area contributed by atoms with E-state index in [0.29, 0.717) is 6.42 Å². The van der Waals surface area contributed by atoms with Gasteiger partial charge in [-0.2, -0.15) is 0 Å². The fourth-order valence-corrected chi connectivity index (χ4v) is 1.74. The zero-order chi connectivity index (χ0) is 10.7. The van der Waals surface area contributed by atoms with Crippen molar-refractivity contribution in [2.24, 2.45) is 0 Å². The molecule has 1 rings (SSSR count). The van der Waals surface area contributed by atoms with E-state index in [1.54, 1.807) is 6.92 Å². The van der Waals surface area contributed by atoms with E-state index in [-0.39, 0.29) is 30.8 Å². The Morgan fingerprint density at radius 3 is 2.71 bits per heavy atom. The minimum Gasteiger partial charge on any atom is -0.394 e. The van der Waals surface area contributed by atoms with Crippen LogP contribution in [0, 0.1) is 0 Å². The predicted molar refractivity (Wildman–Crippen MR) is 49.6 cm³/mol. The van der Waals surface area contributed by atoms with Gasteiger partial charge in [0.1, 0.15) is 0 Å². The molecule has 1 fully saturated rings. The first-order chi connectivity index (χ1) is 6.54. The van der Waals surface area contributed by atoms with Gasteiger partial charge in [0.2, 0.25) is 5.91 Å². The smallest absolute Gasteiger partial charge is 0.217 e. The van der Waals surface area contributed by atoms with E-state index in [1.807, 2.05) is 0 Å². The maximum atomic E-state index is 10.8. The topological polar surface area (TPSA) is 78.8 Å². The van der Waals surface area contributed by atoms with Crippen LogP contribution in [0.1, 0.15) is 20.3 Å². The van der Waals surface area contributed by atoms with Crippen LogP contribution in [0.3, 0.4) is 0 Å². The van der Waals surface area contributed by atoms with Crippen molar-refractivity contribution >= 4 is 5.91 Å². The number of nitrogens with one attached hydrogen (secondary N) is 1.